The zero-order valence-corrected chi connectivity index (χ0v) is 7.07. The minimum atomic E-state index is -3.33. The van der Waals surface area contributed by atoms with E-state index in [1.165, 1.54) is 0 Å². The van der Waals surface area contributed by atoms with Crippen LogP contribution in [0.5, 0.6) is 0 Å². The molecule has 4 heteroatoms. The lowest BCUT2D eigenvalue weighted by Crippen LogP contribution is -2.10. The fourth-order valence-electron chi connectivity index (χ4n) is 0.523. The summed E-state index contributed by atoms with van der Waals surface area (Å²) < 4.78 is 26.0. The Morgan fingerprint density at radius 1 is 1.60 bits per heavy atom. The van der Waals surface area contributed by atoms with Crippen molar-refractivity contribution in [1.82, 2.24) is 0 Å². The van der Waals surface area contributed by atoms with Gasteiger partial charge in [0.25, 0.3) is 10.1 Å². The second kappa shape index (κ2) is 3.73. The van der Waals surface area contributed by atoms with Crippen LogP contribution in [-0.2, 0) is 14.3 Å². The maximum atomic E-state index is 10.8. The van der Waals surface area contributed by atoms with Crippen LogP contribution in [0, 0.1) is 0 Å². The molecule has 0 fully saturated rings. The van der Waals surface area contributed by atoms with Crippen molar-refractivity contribution >= 4 is 10.1 Å². The minimum Gasteiger partial charge on any atom is -0.270 e. The fourth-order valence-corrected chi connectivity index (χ4v) is 1.57. The van der Waals surface area contributed by atoms with Gasteiger partial charge in [-0.05, 0) is 13.8 Å². The fraction of sp³-hybridized carbons (Fsp3) is 0.667. The van der Waals surface area contributed by atoms with Crippen molar-refractivity contribution in [2.45, 2.75) is 13.8 Å². The Bertz CT molecular complexity index is 203. The Labute approximate surface area is 61.8 Å². The first kappa shape index (κ1) is 9.65. The molecule has 0 radical (unpaired) electrons. The number of hydrogen-bond acceptors (Lipinski definition) is 3. The summed E-state index contributed by atoms with van der Waals surface area (Å²) in [5.74, 6) is -0.0825. The van der Waals surface area contributed by atoms with E-state index < -0.39 is 10.1 Å². The Kier molecular flexibility index (Phi) is 3.60. The molecule has 10 heavy (non-hydrogen) atoms. The van der Waals surface area contributed by atoms with Gasteiger partial charge in [0.1, 0.15) is 0 Å². The molecule has 0 amide bonds. The van der Waals surface area contributed by atoms with E-state index in [4.69, 9.17) is 0 Å². The molecule has 0 aliphatic heterocycles. The maximum Gasteiger partial charge on any atom is 0.271 e. The average Bonchev–Trinajstić information content (AvgIpc) is 1.59. The average molecular weight is 164 g/mol. The number of rotatable bonds is 4. The second-order valence-corrected chi connectivity index (χ2v) is 3.71. The lowest BCUT2D eigenvalue weighted by Gasteiger charge is -2.00. The molecule has 0 aromatic heterocycles. The lowest BCUT2D eigenvalue weighted by atomic mass is 10.4. The molecule has 0 aromatic carbocycles. The zero-order valence-electron chi connectivity index (χ0n) is 6.25. The summed E-state index contributed by atoms with van der Waals surface area (Å²) in [5.41, 5.74) is 0.591. The van der Waals surface area contributed by atoms with Crippen molar-refractivity contribution in [1.29, 1.82) is 0 Å². The van der Waals surface area contributed by atoms with E-state index in [9.17, 15) is 8.42 Å². The van der Waals surface area contributed by atoms with Crippen molar-refractivity contribution in [2.75, 3.05) is 12.4 Å². The van der Waals surface area contributed by atoms with Crippen LogP contribution in [0.2, 0.25) is 0 Å². The van der Waals surface area contributed by atoms with Crippen LogP contribution in [0.4, 0.5) is 0 Å². The van der Waals surface area contributed by atoms with Crippen molar-refractivity contribution in [3.05, 3.63) is 12.2 Å². The van der Waals surface area contributed by atoms with E-state index in [0.29, 0.717) is 5.57 Å². The highest BCUT2D eigenvalue weighted by molar-refractivity contribution is 7.86. The van der Waals surface area contributed by atoms with Crippen LogP contribution in [-0.4, -0.2) is 20.8 Å². The summed E-state index contributed by atoms with van der Waals surface area (Å²) in [6, 6.07) is 0. The van der Waals surface area contributed by atoms with E-state index in [1.54, 1.807) is 13.8 Å². The van der Waals surface area contributed by atoms with Crippen LogP contribution in [0.3, 0.4) is 0 Å². The topological polar surface area (TPSA) is 43.4 Å². The summed E-state index contributed by atoms with van der Waals surface area (Å²) in [4.78, 5) is 0. The predicted octanol–water partition coefficient (Wildman–Crippen LogP) is 0.929. The zero-order chi connectivity index (χ0) is 8.20. The lowest BCUT2D eigenvalue weighted by molar-refractivity contribution is 0.339. The molecule has 0 unspecified atom stereocenters. The molecular formula is C6H12O3S. The molecule has 0 bridgehead atoms. The van der Waals surface area contributed by atoms with E-state index in [2.05, 4.69) is 10.8 Å². The van der Waals surface area contributed by atoms with Crippen molar-refractivity contribution in [2.24, 2.45) is 0 Å². The highest BCUT2D eigenvalue weighted by Crippen LogP contribution is 1.98. The summed E-state index contributed by atoms with van der Waals surface area (Å²) >= 11 is 0. The third kappa shape index (κ3) is 4.52. The van der Waals surface area contributed by atoms with E-state index in [-0.39, 0.29) is 12.4 Å². The molecule has 0 spiro atoms. The van der Waals surface area contributed by atoms with Crippen molar-refractivity contribution in [3.63, 3.8) is 0 Å². The standard InChI is InChI=1S/C6H12O3S/c1-4-9-10(7,8)5-6(2)3/h2,4-5H2,1,3H3. The smallest absolute Gasteiger partial charge is 0.270 e. The van der Waals surface area contributed by atoms with Gasteiger partial charge < -0.3 is 0 Å². The summed E-state index contributed by atoms with van der Waals surface area (Å²) in [5, 5.41) is 0. The first-order valence-corrected chi connectivity index (χ1v) is 4.57. The van der Waals surface area contributed by atoms with Crippen LogP contribution >= 0.6 is 0 Å². The van der Waals surface area contributed by atoms with E-state index in [1.807, 2.05) is 0 Å². The normalized spacial score (nSPS) is 11.4. The van der Waals surface area contributed by atoms with Gasteiger partial charge in [-0.15, -0.1) is 0 Å². The Hall–Kier alpha value is -0.350. The van der Waals surface area contributed by atoms with Gasteiger partial charge in [-0.25, -0.2) is 0 Å². The molecule has 60 valence electrons. The molecule has 0 heterocycles. The van der Waals surface area contributed by atoms with Gasteiger partial charge in [0.2, 0.25) is 0 Å². The van der Waals surface area contributed by atoms with Gasteiger partial charge in [-0.1, -0.05) is 12.2 Å². The number of hydrogen-bond donors (Lipinski definition) is 0. The van der Waals surface area contributed by atoms with Crippen LogP contribution in [0.1, 0.15) is 13.8 Å². The molecule has 0 N–H and O–H groups in total. The maximum absolute atomic E-state index is 10.8. The molecule has 0 saturated carbocycles. The molecule has 0 atom stereocenters. The Balaban J connectivity index is 4.02. The summed E-state index contributed by atoms with van der Waals surface area (Å²) in [6.45, 7) is 6.94. The first-order valence-electron chi connectivity index (χ1n) is 2.99. The molecule has 0 aliphatic rings. The Morgan fingerprint density at radius 2 is 2.10 bits per heavy atom. The van der Waals surface area contributed by atoms with Gasteiger partial charge in [0, 0.05) is 0 Å². The highest BCUT2D eigenvalue weighted by Gasteiger charge is 2.08. The van der Waals surface area contributed by atoms with Gasteiger partial charge in [-0.2, -0.15) is 8.42 Å². The monoisotopic (exact) mass is 164 g/mol. The second-order valence-electron chi connectivity index (χ2n) is 2.07. The van der Waals surface area contributed by atoms with Gasteiger partial charge >= 0.3 is 0 Å². The van der Waals surface area contributed by atoms with E-state index in [0.717, 1.165) is 0 Å². The highest BCUT2D eigenvalue weighted by atomic mass is 32.2. The van der Waals surface area contributed by atoms with E-state index >= 15 is 0 Å². The SMILES string of the molecule is C=C(C)CS(=O)(=O)OCC. The summed E-state index contributed by atoms with van der Waals surface area (Å²) in [6.07, 6.45) is 0. The third-order valence-electron chi connectivity index (χ3n) is 0.721. The quantitative estimate of drug-likeness (QED) is 0.458. The van der Waals surface area contributed by atoms with Gasteiger partial charge in [0.15, 0.2) is 0 Å². The molecule has 0 rings (SSSR count). The first-order chi connectivity index (χ1) is 4.48. The van der Waals surface area contributed by atoms with Crippen LogP contribution in [0.15, 0.2) is 12.2 Å². The molecule has 0 aromatic rings. The third-order valence-corrected chi connectivity index (χ3v) is 2.16. The van der Waals surface area contributed by atoms with Crippen LogP contribution in [0.25, 0.3) is 0 Å². The summed E-state index contributed by atoms with van der Waals surface area (Å²) in [7, 11) is -3.33. The van der Waals surface area contributed by atoms with Gasteiger partial charge in [-0.3, -0.25) is 4.18 Å². The molecular weight excluding hydrogens is 152 g/mol. The molecule has 0 aliphatic carbocycles. The largest absolute Gasteiger partial charge is 0.271 e. The Morgan fingerprint density at radius 3 is 2.40 bits per heavy atom. The van der Waals surface area contributed by atoms with Crippen LogP contribution < -0.4 is 0 Å². The molecule has 0 saturated heterocycles. The van der Waals surface area contributed by atoms with Gasteiger partial charge in [0.05, 0.1) is 12.4 Å². The predicted molar refractivity (Wildman–Crippen MR) is 40.2 cm³/mol. The molecule has 3 nitrogen and oxygen atoms in total. The van der Waals surface area contributed by atoms with Crippen molar-refractivity contribution < 1.29 is 12.6 Å². The van der Waals surface area contributed by atoms with Crippen molar-refractivity contribution in [3.8, 4) is 0 Å². The minimum absolute atomic E-state index is 0.0825.